The summed E-state index contributed by atoms with van der Waals surface area (Å²) in [5, 5.41) is 23.3. The molecule has 2 heterocycles. The first-order valence-electron chi connectivity index (χ1n) is 13.6. The minimum absolute atomic E-state index is 0.00694. The molecule has 4 rings (SSSR count). The number of hydrogen-bond acceptors (Lipinski definition) is 8. The SMILES string of the molecule is C=N/C(=N\OCN1CCC2(CC1)Oc1ccc(-c3ccc(C=O)cc3)cc1CC2(F)F)C(C)C.CNC(CO)CO. The fourth-order valence-corrected chi connectivity index (χ4v) is 4.68. The highest BCUT2D eigenvalue weighted by Gasteiger charge is 2.59. The largest absolute Gasteiger partial charge is 0.481 e. The number of nitrogens with one attached hydrogen (secondary N) is 1. The van der Waals surface area contributed by atoms with Crippen LogP contribution in [0.1, 0.15) is 42.6 Å². The summed E-state index contributed by atoms with van der Waals surface area (Å²) in [7, 11) is 1.69. The van der Waals surface area contributed by atoms with Crippen LogP contribution >= 0.6 is 0 Å². The zero-order valence-corrected chi connectivity index (χ0v) is 23.9. The minimum atomic E-state index is -3.00. The van der Waals surface area contributed by atoms with E-state index in [2.05, 4.69) is 22.2 Å². The van der Waals surface area contributed by atoms with Gasteiger partial charge in [-0.05, 0) is 37.0 Å². The number of rotatable bonds is 9. The second-order valence-electron chi connectivity index (χ2n) is 10.5. The Morgan fingerprint density at radius 3 is 2.29 bits per heavy atom. The number of amidine groups is 1. The van der Waals surface area contributed by atoms with Crippen molar-refractivity contribution in [1.29, 1.82) is 0 Å². The first-order chi connectivity index (χ1) is 19.6. The number of oxime groups is 1. The van der Waals surface area contributed by atoms with Crippen LogP contribution in [0.4, 0.5) is 8.78 Å². The molecule has 0 atom stereocenters. The molecule has 0 unspecified atom stereocenters. The molecule has 0 amide bonds. The highest BCUT2D eigenvalue weighted by atomic mass is 19.3. The van der Waals surface area contributed by atoms with E-state index in [0.717, 1.165) is 17.4 Å². The van der Waals surface area contributed by atoms with Crippen molar-refractivity contribution in [1.82, 2.24) is 10.2 Å². The Labute approximate surface area is 239 Å². The molecular formula is C30H40F2N4O5. The van der Waals surface area contributed by atoms with Gasteiger partial charge in [0.05, 0.1) is 19.3 Å². The van der Waals surface area contributed by atoms with Crippen LogP contribution in [0.2, 0.25) is 0 Å². The monoisotopic (exact) mass is 574 g/mol. The number of likely N-dealkylation sites (N-methyl/N-ethyl adjacent to an activating group) is 1. The molecule has 9 nitrogen and oxygen atoms in total. The Hall–Kier alpha value is -3.25. The molecule has 1 saturated heterocycles. The average Bonchev–Trinajstić information content (AvgIpc) is 2.97. The number of hydrogen-bond donors (Lipinski definition) is 3. The van der Waals surface area contributed by atoms with Gasteiger partial charge in [0.15, 0.2) is 18.2 Å². The zero-order valence-electron chi connectivity index (χ0n) is 23.9. The van der Waals surface area contributed by atoms with E-state index in [1.807, 2.05) is 36.9 Å². The first kappa shape index (κ1) is 32.3. The highest BCUT2D eigenvalue weighted by molar-refractivity contribution is 5.87. The third-order valence-electron chi connectivity index (χ3n) is 7.41. The highest BCUT2D eigenvalue weighted by Crippen LogP contribution is 2.49. The lowest BCUT2D eigenvalue weighted by Crippen LogP contribution is -2.61. The first-order valence-corrected chi connectivity index (χ1v) is 13.6. The molecule has 2 aliphatic rings. The molecule has 0 aliphatic carbocycles. The summed E-state index contributed by atoms with van der Waals surface area (Å²) in [6.07, 6.45) is 0.791. The van der Waals surface area contributed by atoms with Crippen LogP contribution in [-0.2, 0) is 11.3 Å². The second kappa shape index (κ2) is 14.6. The van der Waals surface area contributed by atoms with Gasteiger partial charge in [-0.15, -0.1) is 0 Å². The van der Waals surface area contributed by atoms with Gasteiger partial charge in [-0.25, -0.2) is 13.8 Å². The molecule has 1 fully saturated rings. The summed E-state index contributed by atoms with van der Waals surface area (Å²) in [5.74, 6) is -1.89. The van der Waals surface area contributed by atoms with Crippen molar-refractivity contribution in [3.8, 4) is 16.9 Å². The number of aldehydes is 1. The van der Waals surface area contributed by atoms with Gasteiger partial charge in [0.25, 0.3) is 5.92 Å². The van der Waals surface area contributed by atoms with Crippen molar-refractivity contribution in [2.75, 3.05) is 40.1 Å². The quantitative estimate of drug-likeness (QED) is 0.181. The summed E-state index contributed by atoms with van der Waals surface area (Å²) < 4.78 is 36.9. The second-order valence-corrected chi connectivity index (χ2v) is 10.5. The van der Waals surface area contributed by atoms with Crippen LogP contribution in [0.15, 0.2) is 52.6 Å². The number of nitrogens with zero attached hydrogens (tertiary/aromatic N) is 3. The molecule has 0 radical (unpaired) electrons. The van der Waals surface area contributed by atoms with Crippen LogP contribution in [0.25, 0.3) is 11.1 Å². The maximum Gasteiger partial charge on any atom is 0.291 e. The molecular weight excluding hydrogens is 534 g/mol. The van der Waals surface area contributed by atoms with E-state index in [1.54, 1.807) is 31.3 Å². The molecule has 0 bridgehead atoms. The Morgan fingerprint density at radius 1 is 1.15 bits per heavy atom. The Kier molecular flexibility index (Phi) is 11.5. The summed E-state index contributed by atoms with van der Waals surface area (Å²) in [5.41, 5.74) is 1.21. The van der Waals surface area contributed by atoms with Crippen LogP contribution in [-0.4, -0.2) is 91.6 Å². The van der Waals surface area contributed by atoms with Crippen LogP contribution in [0.3, 0.4) is 0 Å². The molecule has 2 aromatic rings. The standard InChI is InChI=1S/C26H29F2N3O3.C4H11NO2/c1-18(2)24(29-3)30-33-17-31-12-10-25(11-13-31)26(27,28)15-22-14-21(8-9-23(22)34-25)20-6-4-19(16-32)5-7-20;1-5-4(2-6)3-7/h4-9,14,16,18H,3,10-13,15,17H2,1-2H3;4-7H,2-3H2,1H3/b30-24-;. The number of likely N-dealkylation sites (tertiary alicyclic amines) is 1. The van der Waals surface area contributed by atoms with Crippen molar-refractivity contribution in [3.05, 3.63) is 53.6 Å². The van der Waals surface area contributed by atoms with Crippen molar-refractivity contribution < 1.29 is 33.4 Å². The van der Waals surface area contributed by atoms with Crippen LogP contribution in [0, 0.1) is 5.92 Å². The Morgan fingerprint density at radius 2 is 1.78 bits per heavy atom. The normalized spacial score (nSPS) is 17.8. The molecule has 0 aromatic heterocycles. The zero-order chi connectivity index (χ0) is 30.0. The van der Waals surface area contributed by atoms with Crippen molar-refractivity contribution in [2.24, 2.45) is 16.1 Å². The number of aliphatic hydroxyl groups is 2. The number of ether oxygens (including phenoxy) is 1. The number of piperidine rings is 1. The van der Waals surface area contributed by atoms with E-state index < -0.39 is 11.5 Å². The molecule has 1 spiro atoms. The lowest BCUT2D eigenvalue weighted by molar-refractivity contribution is -0.199. The minimum Gasteiger partial charge on any atom is -0.481 e. The van der Waals surface area contributed by atoms with Crippen LogP contribution in [0.5, 0.6) is 5.75 Å². The van der Waals surface area contributed by atoms with Crippen LogP contribution < -0.4 is 10.1 Å². The maximum absolute atomic E-state index is 15.4. The van der Waals surface area contributed by atoms with Gasteiger partial charge in [0, 0.05) is 49.4 Å². The Bertz CT molecular complexity index is 1170. The number of halogens is 2. The van der Waals surface area contributed by atoms with Gasteiger partial charge in [-0.3, -0.25) is 9.69 Å². The molecule has 41 heavy (non-hydrogen) atoms. The predicted octanol–water partition coefficient (Wildman–Crippen LogP) is 3.77. The third kappa shape index (κ3) is 7.94. The van der Waals surface area contributed by atoms with Gasteiger partial charge in [-0.1, -0.05) is 49.3 Å². The number of alkyl halides is 2. The van der Waals surface area contributed by atoms with Gasteiger partial charge in [0.1, 0.15) is 12.0 Å². The average molecular weight is 575 g/mol. The molecule has 0 saturated carbocycles. The molecule has 11 heteroatoms. The number of carbonyl (C=O) groups excluding carboxylic acids is 1. The van der Waals surface area contributed by atoms with E-state index >= 15 is 8.78 Å². The summed E-state index contributed by atoms with van der Waals surface area (Å²) in [6.45, 7) is 8.38. The fourth-order valence-electron chi connectivity index (χ4n) is 4.68. The summed E-state index contributed by atoms with van der Waals surface area (Å²) >= 11 is 0. The smallest absolute Gasteiger partial charge is 0.291 e. The van der Waals surface area contributed by atoms with E-state index in [1.165, 1.54) is 0 Å². The predicted molar refractivity (Wildman–Crippen MR) is 155 cm³/mol. The number of carbonyl (C=O) groups is 1. The molecule has 2 aromatic carbocycles. The maximum atomic E-state index is 15.4. The third-order valence-corrected chi connectivity index (χ3v) is 7.41. The Balaban J connectivity index is 0.000000587. The van der Waals surface area contributed by atoms with Gasteiger partial charge in [0.2, 0.25) is 0 Å². The van der Waals surface area contributed by atoms with E-state index in [9.17, 15) is 4.79 Å². The van der Waals surface area contributed by atoms with E-state index in [-0.39, 0.29) is 51.2 Å². The fraction of sp³-hybridized carbons (Fsp3) is 0.500. The summed E-state index contributed by atoms with van der Waals surface area (Å²) in [6, 6.07) is 12.3. The van der Waals surface area contributed by atoms with Crippen molar-refractivity contribution in [2.45, 2.75) is 50.7 Å². The molecule has 224 valence electrons. The molecule has 3 N–H and O–H groups in total. The lowest BCUT2D eigenvalue weighted by Gasteiger charge is -2.48. The van der Waals surface area contributed by atoms with Crippen molar-refractivity contribution in [3.63, 3.8) is 0 Å². The molecule has 2 aliphatic heterocycles. The van der Waals surface area contributed by atoms with Crippen molar-refractivity contribution >= 4 is 18.8 Å². The number of aliphatic imine (C=N–C) groups is 1. The van der Waals surface area contributed by atoms with Gasteiger partial charge in [-0.2, -0.15) is 0 Å². The summed E-state index contributed by atoms with van der Waals surface area (Å²) in [4.78, 5) is 22.0. The van der Waals surface area contributed by atoms with Gasteiger partial charge < -0.3 is 25.1 Å². The van der Waals surface area contributed by atoms with E-state index in [0.29, 0.717) is 35.8 Å². The number of aliphatic hydroxyl groups excluding tert-OH is 2. The number of fused-ring (bicyclic) bond motifs is 1. The van der Waals surface area contributed by atoms with E-state index in [4.69, 9.17) is 19.8 Å². The van der Waals surface area contributed by atoms with Gasteiger partial charge >= 0.3 is 0 Å². The lowest BCUT2D eigenvalue weighted by atomic mass is 9.79. The number of benzene rings is 2. The topological polar surface area (TPSA) is 116 Å².